The second kappa shape index (κ2) is 7.28. The molecule has 0 atom stereocenters. The Labute approximate surface area is 124 Å². The largest absolute Gasteiger partial charge is 0.395 e. The number of carbonyl (C=O) groups is 1. The molecular formula is C18H17NO2. The molecule has 3 heteroatoms. The number of anilines is 1. The maximum Gasteiger partial charge on any atom is 0.255 e. The van der Waals surface area contributed by atoms with E-state index in [1.165, 1.54) is 0 Å². The van der Waals surface area contributed by atoms with Crippen LogP contribution in [0.5, 0.6) is 0 Å². The van der Waals surface area contributed by atoms with Crippen LogP contribution in [0.4, 0.5) is 5.69 Å². The Morgan fingerprint density at radius 2 is 1.95 bits per heavy atom. The molecule has 0 fully saturated rings. The summed E-state index contributed by atoms with van der Waals surface area (Å²) in [6.45, 7) is 1.99. The van der Waals surface area contributed by atoms with Gasteiger partial charge in [-0.3, -0.25) is 4.79 Å². The predicted molar refractivity (Wildman–Crippen MR) is 84.2 cm³/mol. The lowest BCUT2D eigenvalue weighted by Crippen LogP contribution is -2.12. The van der Waals surface area contributed by atoms with Crippen LogP contribution >= 0.6 is 0 Å². The topological polar surface area (TPSA) is 49.3 Å². The summed E-state index contributed by atoms with van der Waals surface area (Å²) in [4.78, 5) is 12.2. The Kier molecular flexibility index (Phi) is 5.14. The van der Waals surface area contributed by atoms with E-state index in [0.29, 0.717) is 12.0 Å². The van der Waals surface area contributed by atoms with Gasteiger partial charge < -0.3 is 10.4 Å². The van der Waals surface area contributed by atoms with Gasteiger partial charge in [-0.15, -0.1) is 0 Å². The molecule has 0 aliphatic carbocycles. The van der Waals surface area contributed by atoms with Crippen LogP contribution in [0, 0.1) is 18.8 Å². The predicted octanol–water partition coefficient (Wildman–Crippen LogP) is 2.98. The van der Waals surface area contributed by atoms with E-state index in [2.05, 4.69) is 17.2 Å². The molecule has 0 unspecified atom stereocenters. The van der Waals surface area contributed by atoms with Crippen LogP contribution in [0.3, 0.4) is 0 Å². The SMILES string of the molecule is Cc1ccc(C#CCCO)cc1NC(=O)c1ccccc1. The van der Waals surface area contributed by atoms with E-state index in [0.717, 1.165) is 16.8 Å². The number of hydrogen-bond acceptors (Lipinski definition) is 2. The van der Waals surface area contributed by atoms with Gasteiger partial charge >= 0.3 is 0 Å². The van der Waals surface area contributed by atoms with Gasteiger partial charge in [-0.05, 0) is 36.8 Å². The fourth-order valence-electron chi connectivity index (χ4n) is 1.84. The molecule has 0 saturated carbocycles. The van der Waals surface area contributed by atoms with Gasteiger partial charge in [-0.2, -0.15) is 0 Å². The van der Waals surface area contributed by atoms with E-state index in [1.54, 1.807) is 12.1 Å². The number of amides is 1. The minimum absolute atomic E-state index is 0.0520. The molecule has 0 saturated heterocycles. The Morgan fingerprint density at radius 1 is 1.19 bits per heavy atom. The molecule has 2 rings (SSSR count). The molecule has 0 aliphatic heterocycles. The number of hydrogen-bond donors (Lipinski definition) is 2. The zero-order valence-electron chi connectivity index (χ0n) is 11.9. The number of aryl methyl sites for hydroxylation is 1. The Balaban J connectivity index is 2.18. The van der Waals surface area contributed by atoms with Crippen LogP contribution in [-0.2, 0) is 0 Å². The molecule has 0 aliphatic rings. The van der Waals surface area contributed by atoms with Gasteiger partial charge in [0.15, 0.2) is 0 Å². The van der Waals surface area contributed by atoms with Crippen molar-refractivity contribution in [2.75, 3.05) is 11.9 Å². The fraction of sp³-hybridized carbons (Fsp3) is 0.167. The van der Waals surface area contributed by atoms with Crippen molar-refractivity contribution in [2.24, 2.45) is 0 Å². The van der Waals surface area contributed by atoms with Crippen molar-refractivity contribution >= 4 is 11.6 Å². The molecule has 0 aromatic heterocycles. The second-order valence-corrected chi connectivity index (χ2v) is 4.63. The highest BCUT2D eigenvalue weighted by atomic mass is 16.2. The van der Waals surface area contributed by atoms with Gasteiger partial charge in [0.2, 0.25) is 0 Å². The smallest absolute Gasteiger partial charge is 0.255 e. The highest BCUT2D eigenvalue weighted by Crippen LogP contribution is 2.17. The summed E-state index contributed by atoms with van der Waals surface area (Å²) in [6.07, 6.45) is 0.444. The molecule has 0 heterocycles. The number of carbonyl (C=O) groups excluding carboxylic acids is 1. The van der Waals surface area contributed by atoms with Crippen molar-refractivity contribution in [3.8, 4) is 11.8 Å². The van der Waals surface area contributed by atoms with E-state index in [-0.39, 0.29) is 12.5 Å². The van der Waals surface area contributed by atoms with Crippen LogP contribution in [0.25, 0.3) is 0 Å². The number of nitrogens with one attached hydrogen (secondary N) is 1. The molecule has 106 valence electrons. The summed E-state index contributed by atoms with van der Waals surface area (Å²) in [5, 5.41) is 11.6. The molecule has 2 aromatic rings. The van der Waals surface area contributed by atoms with Gasteiger partial charge in [0.1, 0.15) is 0 Å². The first kappa shape index (κ1) is 14.8. The summed E-state index contributed by atoms with van der Waals surface area (Å²) < 4.78 is 0. The highest BCUT2D eigenvalue weighted by Gasteiger charge is 2.07. The molecule has 21 heavy (non-hydrogen) atoms. The first-order chi connectivity index (χ1) is 10.2. The molecular weight excluding hydrogens is 262 g/mol. The zero-order valence-corrected chi connectivity index (χ0v) is 11.9. The lowest BCUT2D eigenvalue weighted by molar-refractivity contribution is 0.102. The maximum absolute atomic E-state index is 12.2. The summed E-state index contributed by atoms with van der Waals surface area (Å²) in [5.74, 6) is 5.70. The fourth-order valence-corrected chi connectivity index (χ4v) is 1.84. The first-order valence-electron chi connectivity index (χ1n) is 6.77. The third-order valence-electron chi connectivity index (χ3n) is 2.99. The van der Waals surface area contributed by atoms with E-state index < -0.39 is 0 Å². The van der Waals surface area contributed by atoms with Crippen molar-refractivity contribution in [1.29, 1.82) is 0 Å². The molecule has 3 nitrogen and oxygen atoms in total. The summed E-state index contributed by atoms with van der Waals surface area (Å²) in [5.41, 5.74) is 3.16. The Hall–Kier alpha value is -2.57. The molecule has 2 aromatic carbocycles. The first-order valence-corrected chi connectivity index (χ1v) is 6.77. The molecule has 1 amide bonds. The number of aliphatic hydroxyl groups excluding tert-OH is 1. The number of benzene rings is 2. The maximum atomic E-state index is 12.2. The van der Waals surface area contributed by atoms with Gasteiger partial charge in [-0.25, -0.2) is 0 Å². The van der Waals surface area contributed by atoms with Crippen molar-refractivity contribution in [3.63, 3.8) is 0 Å². The number of rotatable bonds is 3. The van der Waals surface area contributed by atoms with Crippen molar-refractivity contribution in [2.45, 2.75) is 13.3 Å². The summed E-state index contributed by atoms with van der Waals surface area (Å²) in [7, 11) is 0. The van der Waals surface area contributed by atoms with E-state index in [4.69, 9.17) is 5.11 Å². The highest BCUT2D eigenvalue weighted by molar-refractivity contribution is 6.04. The van der Waals surface area contributed by atoms with Crippen LogP contribution in [-0.4, -0.2) is 17.6 Å². The van der Waals surface area contributed by atoms with E-state index >= 15 is 0 Å². The lowest BCUT2D eigenvalue weighted by Gasteiger charge is -2.09. The van der Waals surface area contributed by atoms with Crippen molar-refractivity contribution < 1.29 is 9.90 Å². The molecule has 0 radical (unpaired) electrons. The van der Waals surface area contributed by atoms with Crippen LogP contribution in [0.1, 0.15) is 27.9 Å². The van der Waals surface area contributed by atoms with Crippen LogP contribution in [0.2, 0.25) is 0 Å². The molecule has 2 N–H and O–H groups in total. The second-order valence-electron chi connectivity index (χ2n) is 4.63. The van der Waals surface area contributed by atoms with Gasteiger partial charge in [0, 0.05) is 23.2 Å². The van der Waals surface area contributed by atoms with E-state index in [9.17, 15) is 4.79 Å². The van der Waals surface area contributed by atoms with Gasteiger partial charge in [0.25, 0.3) is 5.91 Å². The molecule has 0 spiro atoms. The zero-order chi connectivity index (χ0) is 15.1. The average molecular weight is 279 g/mol. The third-order valence-corrected chi connectivity index (χ3v) is 2.99. The minimum atomic E-state index is -0.140. The third kappa shape index (κ3) is 4.20. The molecule has 0 bridgehead atoms. The normalized spacial score (nSPS) is 9.62. The Bertz CT molecular complexity index is 681. The van der Waals surface area contributed by atoms with Gasteiger partial charge in [0.05, 0.1) is 6.61 Å². The quantitative estimate of drug-likeness (QED) is 0.849. The standard InChI is InChI=1S/C18H17NO2/c1-14-10-11-15(7-5-6-12-20)13-17(14)19-18(21)16-8-3-2-4-9-16/h2-4,8-11,13,20H,6,12H2,1H3,(H,19,21). The lowest BCUT2D eigenvalue weighted by atomic mass is 10.1. The van der Waals surface area contributed by atoms with Crippen molar-refractivity contribution in [3.05, 3.63) is 65.2 Å². The summed E-state index contributed by atoms with van der Waals surface area (Å²) in [6, 6.07) is 14.8. The summed E-state index contributed by atoms with van der Waals surface area (Å²) >= 11 is 0. The number of aliphatic hydroxyl groups is 1. The van der Waals surface area contributed by atoms with Crippen molar-refractivity contribution in [1.82, 2.24) is 0 Å². The monoisotopic (exact) mass is 279 g/mol. The minimum Gasteiger partial charge on any atom is -0.395 e. The van der Waals surface area contributed by atoms with Gasteiger partial charge in [-0.1, -0.05) is 36.1 Å². The Morgan fingerprint density at radius 3 is 2.67 bits per heavy atom. The van der Waals surface area contributed by atoms with Crippen LogP contribution in [0.15, 0.2) is 48.5 Å². The van der Waals surface area contributed by atoms with Crippen LogP contribution < -0.4 is 5.32 Å². The average Bonchev–Trinajstić information content (AvgIpc) is 2.51. The van der Waals surface area contributed by atoms with E-state index in [1.807, 2.05) is 43.3 Å².